The molecule has 0 aromatic heterocycles. The first-order valence-corrected chi connectivity index (χ1v) is 23.4. The number of piperidine rings is 1. The molecule has 0 radical (unpaired) electrons. The van der Waals surface area contributed by atoms with Crippen LogP contribution >= 0.6 is 0 Å². The van der Waals surface area contributed by atoms with Crippen LogP contribution in [-0.2, 0) is 28.5 Å². The third-order valence-electron chi connectivity index (χ3n) is 16.0. The van der Waals surface area contributed by atoms with Gasteiger partial charge in [0.15, 0.2) is 28.8 Å². The van der Waals surface area contributed by atoms with Crippen molar-refractivity contribution in [3.63, 3.8) is 0 Å². The third-order valence-corrected chi connectivity index (χ3v) is 16.0. The van der Waals surface area contributed by atoms with E-state index in [-0.39, 0.29) is 68.5 Å². The van der Waals surface area contributed by atoms with Gasteiger partial charge in [0.1, 0.15) is 17.2 Å². The fourth-order valence-electron chi connectivity index (χ4n) is 11.3. The van der Waals surface area contributed by atoms with Crippen LogP contribution in [0.4, 0.5) is 5.69 Å². The van der Waals surface area contributed by atoms with E-state index in [9.17, 15) is 39.9 Å². The lowest BCUT2D eigenvalue weighted by Gasteiger charge is -2.54. The van der Waals surface area contributed by atoms with Gasteiger partial charge in [-0.05, 0) is 39.7 Å². The maximum absolute atomic E-state index is 14.5. The van der Waals surface area contributed by atoms with Gasteiger partial charge in [-0.2, -0.15) is 0 Å². The average molecular weight is 928 g/mol. The standard InChI is InChI=1S/C51H65N3O13/c1-23-13-11-14-24(2)49(62)53-40-45(60)36-35(39-47(40)66-34-20-31(19-32(55)38(34)52-39)54-21-29-15-12-16-30(22-54)50(29,7)64-10)37-46(28(6)44(36)59)67-51(8,48(37)61)65-18-17-33(63-9)25(3)42(57)27(5)43(58)26(4)41(23)56/h11,13-14,17-20,23,25-27,29-30,33,35-36,41-43,56-58,60-61H,12,15-16,21-22H2,1-10H3,(H,53,62)/b13-11+,18-17+,24-14-/t23-,25+,26+,27-,29?,30?,33-,35?,36?,41-,42+,43+,50?,51-/m0/s1. The molecule has 4 aliphatic carbocycles. The Morgan fingerprint density at radius 3 is 2.19 bits per heavy atom. The smallest absolute Gasteiger partial charge is 0.306 e. The Kier molecular flexibility index (Phi) is 13.0. The fraction of sp³-hybridized carbons (Fsp3) is 0.569. The second kappa shape index (κ2) is 18.0. The Morgan fingerprint density at radius 2 is 1.54 bits per heavy atom. The molecule has 0 aromatic carbocycles. The molecule has 0 spiro atoms. The van der Waals surface area contributed by atoms with Gasteiger partial charge in [-0.3, -0.25) is 14.4 Å². The van der Waals surface area contributed by atoms with Gasteiger partial charge in [-0.1, -0.05) is 52.3 Å². The fourth-order valence-corrected chi connectivity index (χ4v) is 11.3. The summed E-state index contributed by atoms with van der Waals surface area (Å²) in [4.78, 5) is 49.9. The second-order valence-electron chi connectivity index (χ2n) is 19.9. The number of hydrogen-bond donors (Lipinski definition) is 6. The minimum atomic E-state index is -1.93. The van der Waals surface area contributed by atoms with Gasteiger partial charge in [-0.25, -0.2) is 4.98 Å². The number of amides is 1. The van der Waals surface area contributed by atoms with Crippen LogP contribution in [0.3, 0.4) is 0 Å². The summed E-state index contributed by atoms with van der Waals surface area (Å²) >= 11 is 0. The molecule has 0 aromatic rings. The Bertz CT molecular complexity index is 2520. The number of ether oxygens (including phenoxy) is 4. The summed E-state index contributed by atoms with van der Waals surface area (Å²) in [6.07, 6.45) is 6.64. The number of benzene rings is 1. The van der Waals surface area contributed by atoms with Gasteiger partial charge < -0.3 is 59.1 Å². The molecular weight excluding hydrogens is 863 g/mol. The summed E-state index contributed by atoms with van der Waals surface area (Å²) < 4.78 is 30.8. The van der Waals surface area contributed by atoms with E-state index in [2.05, 4.69) is 17.1 Å². The van der Waals surface area contributed by atoms with Gasteiger partial charge in [0.05, 0.1) is 59.4 Å². The first-order chi connectivity index (χ1) is 31.7. The van der Waals surface area contributed by atoms with Crippen LogP contribution in [0.5, 0.6) is 0 Å². The van der Waals surface area contributed by atoms with Crippen LogP contribution < -0.4 is 15.6 Å². The molecule has 8 rings (SSSR count). The minimum Gasteiger partial charge on any atom is -0.509 e. The van der Waals surface area contributed by atoms with Gasteiger partial charge >= 0.3 is 5.79 Å². The molecule has 16 heteroatoms. The highest BCUT2D eigenvalue weighted by Gasteiger charge is 2.58. The number of methoxy groups -OCH3 is 2. The number of rotatable bonds is 3. The molecule has 67 heavy (non-hydrogen) atoms. The van der Waals surface area contributed by atoms with Crippen molar-refractivity contribution in [2.24, 2.45) is 41.4 Å². The number of aliphatic hydroxyl groups excluding tert-OH is 5. The number of aromatic nitrogens is 1. The summed E-state index contributed by atoms with van der Waals surface area (Å²) in [5.74, 6) is -8.98. The number of carbonyl (C=O) groups excluding carboxylic acids is 2. The van der Waals surface area contributed by atoms with Crippen molar-refractivity contribution >= 4 is 23.1 Å². The molecule has 6 bridgehead atoms. The lowest BCUT2D eigenvalue weighted by atomic mass is 9.66. The molecule has 1 saturated carbocycles. The largest absolute Gasteiger partial charge is 0.509 e. The molecular formula is C51H65N3O13. The van der Waals surface area contributed by atoms with E-state index in [4.69, 9.17) is 28.3 Å². The zero-order valence-corrected chi connectivity index (χ0v) is 39.9. The summed E-state index contributed by atoms with van der Waals surface area (Å²) in [5, 5.41) is 61.4. The molecule has 4 aliphatic heterocycles. The highest BCUT2D eigenvalue weighted by Crippen LogP contribution is 2.57. The van der Waals surface area contributed by atoms with E-state index in [0.717, 1.165) is 19.3 Å². The number of allylic oxidation sites excluding steroid dienone is 5. The van der Waals surface area contributed by atoms with Crippen LogP contribution in [-0.4, -0.2) is 105 Å². The molecule has 2 fully saturated rings. The molecule has 1 saturated heterocycles. The van der Waals surface area contributed by atoms with E-state index in [1.807, 2.05) is 0 Å². The Morgan fingerprint density at radius 1 is 0.881 bits per heavy atom. The van der Waals surface area contributed by atoms with Crippen molar-refractivity contribution in [1.82, 2.24) is 10.3 Å². The van der Waals surface area contributed by atoms with Crippen molar-refractivity contribution in [3.8, 4) is 11.5 Å². The van der Waals surface area contributed by atoms with Crippen LogP contribution in [0, 0.1) is 41.4 Å². The summed E-state index contributed by atoms with van der Waals surface area (Å²) in [5.41, 5.74) is -0.122. The van der Waals surface area contributed by atoms with Crippen LogP contribution in [0.15, 0.2) is 85.9 Å². The van der Waals surface area contributed by atoms with Crippen molar-refractivity contribution in [1.29, 1.82) is 0 Å². The molecule has 4 unspecified atom stereocenters. The normalized spacial score (nSPS) is 39.1. The molecule has 4 heterocycles. The highest BCUT2D eigenvalue weighted by molar-refractivity contribution is 6.05. The Hall–Kier alpha value is -5.26. The zero-order chi connectivity index (χ0) is 48.6. The Balaban J connectivity index is 1.28. The quantitative estimate of drug-likeness (QED) is 0.209. The van der Waals surface area contributed by atoms with Gasteiger partial charge in [0.2, 0.25) is 5.43 Å². The SMILES string of the molecule is CO[C@H]1/C=C/O[C@@]2(C)OC3=C(C)C(=O)C4C(O)=C(NC(=O)/C(C)=C\C=C\[C@H](C)[C@H](O)[C@@H](C)[C@@H](O)[C@@H](C)[C@H](O)[C@@H]1C)c1oc5cc(N6CC7CCCC(C6)C7(C)OC)cc(=O)c-5nc1C4C3=C2O. The second-order valence-corrected chi connectivity index (χ2v) is 19.9. The molecule has 6 N–H and O–H groups in total. The number of nitrogens with one attached hydrogen (secondary N) is 1. The first kappa shape index (κ1) is 48.2. The van der Waals surface area contributed by atoms with Crippen molar-refractivity contribution in [2.75, 3.05) is 32.2 Å². The molecule has 362 valence electrons. The predicted octanol–water partition coefficient (Wildman–Crippen LogP) is 5.94. The summed E-state index contributed by atoms with van der Waals surface area (Å²) in [6, 6.07) is 3.25. The van der Waals surface area contributed by atoms with Gasteiger partial charge in [0, 0.05) is 98.7 Å². The number of ketones is 1. The van der Waals surface area contributed by atoms with E-state index >= 15 is 0 Å². The van der Waals surface area contributed by atoms with Crippen LogP contribution in [0.1, 0.15) is 92.0 Å². The van der Waals surface area contributed by atoms with E-state index < -0.39 is 94.3 Å². The Labute approximate surface area is 390 Å². The van der Waals surface area contributed by atoms with E-state index in [1.165, 1.54) is 45.4 Å². The molecule has 13 atom stereocenters. The van der Waals surface area contributed by atoms with E-state index in [1.54, 1.807) is 59.9 Å². The minimum absolute atomic E-state index is 0.00593. The number of carbonyl (C=O) groups is 2. The maximum atomic E-state index is 14.5. The lowest BCUT2D eigenvalue weighted by molar-refractivity contribution is -0.146. The monoisotopic (exact) mass is 927 g/mol. The number of Topliss-reactive ketones (excluding diaryl/α,β-unsaturated/α-hetero) is 1. The maximum Gasteiger partial charge on any atom is 0.306 e. The summed E-state index contributed by atoms with van der Waals surface area (Å²) in [6.45, 7) is 14.9. The molecule has 1 amide bonds. The van der Waals surface area contributed by atoms with Crippen molar-refractivity contribution < 1.29 is 58.5 Å². The van der Waals surface area contributed by atoms with Crippen molar-refractivity contribution in [3.05, 3.63) is 98.4 Å². The summed E-state index contributed by atoms with van der Waals surface area (Å²) in [7, 11) is 3.21. The lowest BCUT2D eigenvalue weighted by Crippen LogP contribution is -2.59. The zero-order valence-electron chi connectivity index (χ0n) is 39.9. The topological polar surface area (TPSA) is 231 Å². The van der Waals surface area contributed by atoms with Crippen molar-refractivity contribution in [2.45, 2.75) is 116 Å². The number of nitrogens with zero attached hydrogens (tertiary/aromatic N) is 2. The number of fused-ring (bicyclic) bond motifs is 4. The van der Waals surface area contributed by atoms with Crippen LogP contribution in [0.25, 0.3) is 17.2 Å². The van der Waals surface area contributed by atoms with Gasteiger partial charge in [-0.15, -0.1) is 0 Å². The predicted molar refractivity (Wildman–Crippen MR) is 247 cm³/mol. The van der Waals surface area contributed by atoms with E-state index in [0.29, 0.717) is 18.8 Å². The van der Waals surface area contributed by atoms with Gasteiger partial charge in [0.25, 0.3) is 5.91 Å². The third kappa shape index (κ3) is 8.01. The van der Waals surface area contributed by atoms with Crippen LogP contribution in [0.2, 0.25) is 0 Å². The molecule has 8 aliphatic rings. The molecule has 16 nitrogen and oxygen atoms in total. The number of anilines is 1. The number of hydrogen-bond acceptors (Lipinski definition) is 15. The first-order valence-electron chi connectivity index (χ1n) is 23.4. The highest BCUT2D eigenvalue weighted by atomic mass is 16.7. The average Bonchev–Trinajstić information content (AvgIpc) is 3.56. The number of aliphatic hydroxyl groups is 5.